The van der Waals surface area contributed by atoms with E-state index in [9.17, 15) is 4.79 Å². The third-order valence-corrected chi connectivity index (χ3v) is 7.26. The second kappa shape index (κ2) is 10.6. The zero-order valence-electron chi connectivity index (χ0n) is 21.1. The van der Waals surface area contributed by atoms with Crippen LogP contribution >= 0.6 is 11.8 Å². The predicted molar refractivity (Wildman–Crippen MR) is 139 cm³/mol. The van der Waals surface area contributed by atoms with Gasteiger partial charge in [0.05, 0.1) is 12.7 Å². The lowest BCUT2D eigenvalue weighted by Gasteiger charge is -2.27. The summed E-state index contributed by atoms with van der Waals surface area (Å²) in [7, 11) is 1.39. The Morgan fingerprint density at radius 3 is 2.49 bits per heavy atom. The third kappa shape index (κ3) is 5.22. The molecule has 0 fully saturated rings. The Labute approximate surface area is 210 Å². The molecule has 0 saturated carbocycles. The number of allylic oxidation sites excluding steroid dienone is 1. The van der Waals surface area contributed by atoms with Crippen LogP contribution in [0.4, 0.5) is 5.95 Å². The molecule has 1 atom stereocenters. The van der Waals surface area contributed by atoms with Crippen LogP contribution in [0, 0.1) is 20.8 Å². The number of esters is 1. The molecule has 1 aromatic heterocycles. The summed E-state index contributed by atoms with van der Waals surface area (Å²) in [5, 5.41) is 8.60. The second-order valence-electron chi connectivity index (χ2n) is 8.79. The van der Waals surface area contributed by atoms with Gasteiger partial charge in [0.15, 0.2) is 0 Å². The van der Waals surface area contributed by atoms with Crippen LogP contribution in [-0.2, 0) is 16.1 Å². The predicted octanol–water partition coefficient (Wildman–Crippen LogP) is 5.75. The summed E-state index contributed by atoms with van der Waals surface area (Å²) in [5.74, 6) is 1.91. The third-order valence-electron chi connectivity index (χ3n) is 6.22. The van der Waals surface area contributed by atoms with E-state index >= 15 is 0 Å². The Morgan fingerprint density at radius 1 is 1.09 bits per heavy atom. The van der Waals surface area contributed by atoms with E-state index in [2.05, 4.69) is 50.1 Å². The molecule has 2 heterocycles. The Kier molecular flexibility index (Phi) is 7.50. The zero-order chi connectivity index (χ0) is 25.1. The average molecular weight is 493 g/mol. The van der Waals surface area contributed by atoms with Crippen molar-refractivity contribution in [2.24, 2.45) is 0 Å². The van der Waals surface area contributed by atoms with Crippen molar-refractivity contribution < 1.29 is 14.3 Å². The van der Waals surface area contributed by atoms with E-state index < -0.39 is 12.0 Å². The van der Waals surface area contributed by atoms with Crippen LogP contribution < -0.4 is 10.1 Å². The van der Waals surface area contributed by atoms with Gasteiger partial charge < -0.3 is 14.8 Å². The quantitative estimate of drug-likeness (QED) is 0.317. The number of ether oxygens (including phenoxy) is 2. The molecule has 8 heteroatoms. The van der Waals surface area contributed by atoms with Gasteiger partial charge in [-0.3, -0.25) is 0 Å². The smallest absolute Gasteiger partial charge is 0.338 e. The van der Waals surface area contributed by atoms with Crippen LogP contribution in [0.15, 0.2) is 52.8 Å². The summed E-state index contributed by atoms with van der Waals surface area (Å²) >= 11 is 1.60. The number of rotatable bonds is 8. The number of hydrogen-bond donors (Lipinski definition) is 1. The Bertz CT molecular complexity index is 1260. The highest BCUT2D eigenvalue weighted by molar-refractivity contribution is 7.99. The van der Waals surface area contributed by atoms with E-state index in [1.54, 1.807) is 16.4 Å². The van der Waals surface area contributed by atoms with Crippen molar-refractivity contribution in [2.75, 3.05) is 18.2 Å². The van der Waals surface area contributed by atoms with E-state index in [-0.39, 0.29) is 0 Å². The number of nitrogens with one attached hydrogen (secondary N) is 1. The monoisotopic (exact) mass is 492 g/mol. The minimum Gasteiger partial charge on any atom is -0.489 e. The number of hydrogen-bond acceptors (Lipinski definition) is 7. The normalized spacial score (nSPS) is 15.0. The number of carbonyl (C=O) groups excluding carboxylic acids is 1. The van der Waals surface area contributed by atoms with Crippen LogP contribution in [0.25, 0.3) is 0 Å². The number of carbonyl (C=O) groups is 1. The van der Waals surface area contributed by atoms with E-state index in [0.29, 0.717) is 29.0 Å². The largest absolute Gasteiger partial charge is 0.489 e. The standard InChI is InChI=1S/C27H32N4O3S/c1-7-12-35-27-29-26-28-19(5)23(25(32)33-6)24(31(26)30-27)20-8-10-22(11-9-20)34-15-21-14-17(3)16(2)13-18(21)4/h8-11,13-14,24H,7,12,15H2,1-6H3,(H,28,29,30). The van der Waals surface area contributed by atoms with Crippen molar-refractivity contribution >= 4 is 23.7 Å². The molecule has 4 rings (SSSR count). The first kappa shape index (κ1) is 24.9. The minimum absolute atomic E-state index is 0.394. The molecule has 1 unspecified atom stereocenters. The summed E-state index contributed by atoms with van der Waals surface area (Å²) in [6.07, 6.45) is 1.03. The highest BCUT2D eigenvalue weighted by Crippen LogP contribution is 2.37. The number of nitrogens with zero attached hydrogens (tertiary/aromatic N) is 3. The number of thioether (sulfide) groups is 1. The highest BCUT2D eigenvalue weighted by Gasteiger charge is 2.35. The maximum Gasteiger partial charge on any atom is 0.338 e. The van der Waals surface area contributed by atoms with E-state index in [1.807, 2.05) is 31.2 Å². The molecule has 184 valence electrons. The molecular formula is C27H32N4O3S. The molecule has 1 aliphatic rings. The zero-order valence-corrected chi connectivity index (χ0v) is 22.0. The molecule has 0 aliphatic carbocycles. The van der Waals surface area contributed by atoms with Crippen molar-refractivity contribution in [3.05, 3.63) is 75.5 Å². The molecule has 0 bridgehead atoms. The summed E-state index contributed by atoms with van der Waals surface area (Å²) in [6, 6.07) is 11.7. The molecule has 3 aromatic rings. The Hall–Kier alpha value is -3.26. The topological polar surface area (TPSA) is 78.3 Å². The molecule has 1 N–H and O–H groups in total. The van der Waals surface area contributed by atoms with Gasteiger partial charge >= 0.3 is 5.97 Å². The van der Waals surface area contributed by atoms with E-state index in [0.717, 1.165) is 23.5 Å². The molecule has 0 amide bonds. The fourth-order valence-corrected chi connectivity index (χ4v) is 4.84. The molecule has 0 spiro atoms. The minimum atomic E-state index is -0.446. The number of methoxy groups -OCH3 is 1. The van der Waals surface area contributed by atoms with Crippen molar-refractivity contribution in [3.63, 3.8) is 0 Å². The van der Waals surface area contributed by atoms with Gasteiger partial charge in [-0.05, 0) is 74.1 Å². The van der Waals surface area contributed by atoms with Crippen LogP contribution in [-0.4, -0.2) is 33.6 Å². The van der Waals surface area contributed by atoms with Crippen molar-refractivity contribution in [1.29, 1.82) is 0 Å². The number of aryl methyl sites for hydroxylation is 3. The van der Waals surface area contributed by atoms with Crippen molar-refractivity contribution in [2.45, 2.75) is 58.8 Å². The summed E-state index contributed by atoms with van der Waals surface area (Å²) in [5.41, 5.74) is 7.05. The Balaban J connectivity index is 1.61. The van der Waals surface area contributed by atoms with Gasteiger partial charge in [0.2, 0.25) is 11.1 Å². The molecule has 0 radical (unpaired) electrons. The first-order valence-corrected chi connectivity index (χ1v) is 12.8. The molecule has 1 aliphatic heterocycles. The maximum atomic E-state index is 12.7. The Morgan fingerprint density at radius 2 is 1.80 bits per heavy atom. The van der Waals surface area contributed by atoms with Gasteiger partial charge in [0, 0.05) is 11.4 Å². The van der Waals surface area contributed by atoms with Gasteiger partial charge in [-0.1, -0.05) is 43.0 Å². The van der Waals surface area contributed by atoms with Crippen LogP contribution in [0.5, 0.6) is 5.75 Å². The van der Waals surface area contributed by atoms with Crippen LogP contribution in [0.1, 0.15) is 54.1 Å². The van der Waals surface area contributed by atoms with Gasteiger partial charge in [-0.2, -0.15) is 4.98 Å². The molecule has 0 saturated heterocycles. The van der Waals surface area contributed by atoms with Gasteiger partial charge in [0.25, 0.3) is 0 Å². The number of anilines is 1. The summed E-state index contributed by atoms with van der Waals surface area (Å²) in [4.78, 5) is 17.4. The van der Waals surface area contributed by atoms with Crippen LogP contribution in [0.3, 0.4) is 0 Å². The lowest BCUT2D eigenvalue weighted by Crippen LogP contribution is -2.29. The maximum absolute atomic E-state index is 12.7. The first-order chi connectivity index (χ1) is 16.8. The molecule has 7 nitrogen and oxygen atoms in total. The highest BCUT2D eigenvalue weighted by atomic mass is 32.2. The van der Waals surface area contributed by atoms with Gasteiger partial charge in [0.1, 0.15) is 18.4 Å². The van der Waals surface area contributed by atoms with E-state index in [1.165, 1.54) is 29.4 Å². The van der Waals surface area contributed by atoms with Gasteiger partial charge in [-0.25, -0.2) is 9.48 Å². The fraction of sp³-hybridized carbons (Fsp3) is 0.370. The molecular weight excluding hydrogens is 460 g/mol. The van der Waals surface area contributed by atoms with Crippen molar-refractivity contribution in [3.8, 4) is 5.75 Å². The molecule has 35 heavy (non-hydrogen) atoms. The SMILES string of the molecule is CCCSc1nc2n(n1)C(c1ccc(OCc3cc(C)c(C)cc3C)cc1)C(C(=O)OC)=C(C)N2. The fourth-order valence-electron chi connectivity index (χ4n) is 4.15. The van der Waals surface area contributed by atoms with Crippen LogP contribution in [0.2, 0.25) is 0 Å². The number of aromatic nitrogens is 3. The van der Waals surface area contributed by atoms with Gasteiger partial charge in [-0.15, -0.1) is 5.10 Å². The lowest BCUT2D eigenvalue weighted by atomic mass is 9.96. The average Bonchev–Trinajstić information content (AvgIpc) is 3.25. The summed E-state index contributed by atoms with van der Waals surface area (Å²) in [6.45, 7) is 10.8. The van der Waals surface area contributed by atoms with E-state index in [4.69, 9.17) is 14.6 Å². The lowest BCUT2D eigenvalue weighted by molar-refractivity contribution is -0.136. The number of benzene rings is 2. The van der Waals surface area contributed by atoms with Crippen molar-refractivity contribution in [1.82, 2.24) is 14.8 Å². The first-order valence-electron chi connectivity index (χ1n) is 11.8. The summed E-state index contributed by atoms with van der Waals surface area (Å²) < 4.78 is 13.0. The molecule has 2 aromatic carbocycles. The second-order valence-corrected chi connectivity index (χ2v) is 9.85. The number of fused-ring (bicyclic) bond motifs is 1.